The summed E-state index contributed by atoms with van der Waals surface area (Å²) < 4.78 is 0. The van der Waals surface area contributed by atoms with Crippen molar-refractivity contribution in [2.75, 3.05) is 19.6 Å². The number of likely N-dealkylation sites (tertiary alicyclic amines) is 1. The first-order chi connectivity index (χ1) is 11.8. The van der Waals surface area contributed by atoms with Crippen molar-refractivity contribution >= 4 is 5.91 Å². The molecule has 0 aromatic heterocycles. The fourth-order valence-corrected chi connectivity index (χ4v) is 4.16. The van der Waals surface area contributed by atoms with Crippen LogP contribution < -0.4 is 5.32 Å². The summed E-state index contributed by atoms with van der Waals surface area (Å²) >= 11 is 0. The maximum absolute atomic E-state index is 12.4. The molecule has 138 valence electrons. The largest absolute Gasteiger partial charge is 0.384 e. The van der Waals surface area contributed by atoms with Gasteiger partial charge >= 0.3 is 0 Å². The van der Waals surface area contributed by atoms with Crippen LogP contribution in [0.5, 0.6) is 0 Å². The van der Waals surface area contributed by atoms with Crippen LogP contribution in [-0.4, -0.2) is 41.6 Å². The number of fused-ring (bicyclic) bond motifs is 1. The van der Waals surface area contributed by atoms with Gasteiger partial charge in [0.2, 0.25) is 5.91 Å². The molecule has 25 heavy (non-hydrogen) atoms. The molecule has 3 rings (SSSR count). The summed E-state index contributed by atoms with van der Waals surface area (Å²) in [6.07, 6.45) is 4.83. The molecule has 1 saturated heterocycles. The predicted molar refractivity (Wildman–Crippen MR) is 100 cm³/mol. The molecule has 0 radical (unpaired) electrons. The van der Waals surface area contributed by atoms with E-state index in [0.29, 0.717) is 12.6 Å². The van der Waals surface area contributed by atoms with Crippen LogP contribution in [0.15, 0.2) is 24.3 Å². The third-order valence-electron chi connectivity index (χ3n) is 5.66. The molecule has 1 aliphatic carbocycles. The highest BCUT2D eigenvalue weighted by Gasteiger charge is 2.35. The highest BCUT2D eigenvalue weighted by Crippen LogP contribution is 2.35. The Morgan fingerprint density at radius 1 is 1.28 bits per heavy atom. The Kier molecular flexibility index (Phi) is 5.21. The van der Waals surface area contributed by atoms with Crippen LogP contribution in [0.3, 0.4) is 0 Å². The molecule has 0 saturated carbocycles. The van der Waals surface area contributed by atoms with Crippen LogP contribution in [0.2, 0.25) is 0 Å². The maximum Gasteiger partial charge on any atom is 0.227 e. The molecule has 0 bridgehead atoms. The van der Waals surface area contributed by atoms with E-state index in [-0.39, 0.29) is 11.3 Å². The van der Waals surface area contributed by atoms with Gasteiger partial charge in [0.25, 0.3) is 0 Å². The summed E-state index contributed by atoms with van der Waals surface area (Å²) in [5, 5.41) is 14.8. The molecule has 1 unspecified atom stereocenters. The van der Waals surface area contributed by atoms with E-state index >= 15 is 0 Å². The minimum absolute atomic E-state index is 0.241. The van der Waals surface area contributed by atoms with Crippen molar-refractivity contribution < 1.29 is 9.90 Å². The lowest BCUT2D eigenvalue weighted by atomic mass is 9.79. The number of amides is 1. The van der Waals surface area contributed by atoms with E-state index in [4.69, 9.17) is 0 Å². The van der Waals surface area contributed by atoms with Gasteiger partial charge in [-0.05, 0) is 43.2 Å². The molecular formula is C21H32N2O2. The maximum atomic E-state index is 12.4. The standard InChI is InChI=1S/C21H32N2O2/c1-20(2,3)19(24)23-13-10-17(11-14-23)22-15-21(25)12-6-8-16-7-4-5-9-18(16)21/h4-5,7,9,17,22,25H,6,8,10-15H2,1-3H3. The van der Waals surface area contributed by atoms with Gasteiger partial charge in [-0.1, -0.05) is 45.0 Å². The number of aliphatic hydroxyl groups is 1. The van der Waals surface area contributed by atoms with Crippen LogP contribution in [0.4, 0.5) is 0 Å². The Bertz CT molecular complexity index is 615. The second kappa shape index (κ2) is 7.08. The van der Waals surface area contributed by atoms with Gasteiger partial charge in [0.1, 0.15) is 5.60 Å². The minimum Gasteiger partial charge on any atom is -0.384 e. The molecule has 2 aliphatic rings. The van der Waals surface area contributed by atoms with Crippen LogP contribution in [-0.2, 0) is 16.8 Å². The lowest BCUT2D eigenvalue weighted by Gasteiger charge is -2.39. The molecule has 0 spiro atoms. The fraction of sp³-hybridized carbons (Fsp3) is 0.667. The number of carbonyl (C=O) groups is 1. The molecule has 2 N–H and O–H groups in total. The summed E-state index contributed by atoms with van der Waals surface area (Å²) in [5.74, 6) is 0.241. The van der Waals surface area contributed by atoms with Gasteiger partial charge in [0.05, 0.1) is 0 Å². The Morgan fingerprint density at radius 2 is 1.96 bits per heavy atom. The Balaban J connectivity index is 1.55. The minimum atomic E-state index is -0.757. The van der Waals surface area contributed by atoms with Gasteiger partial charge in [0.15, 0.2) is 0 Å². The van der Waals surface area contributed by atoms with Crippen molar-refractivity contribution in [2.24, 2.45) is 5.41 Å². The van der Waals surface area contributed by atoms with Crippen LogP contribution in [0.1, 0.15) is 57.6 Å². The number of rotatable bonds is 3. The van der Waals surface area contributed by atoms with Crippen molar-refractivity contribution in [2.45, 2.75) is 64.5 Å². The third-order valence-corrected chi connectivity index (χ3v) is 5.66. The third kappa shape index (κ3) is 4.06. The zero-order valence-electron chi connectivity index (χ0n) is 15.8. The van der Waals surface area contributed by atoms with Crippen molar-refractivity contribution in [1.82, 2.24) is 10.2 Å². The predicted octanol–water partition coefficient (Wildman–Crippen LogP) is 2.84. The summed E-state index contributed by atoms with van der Waals surface area (Å²) in [7, 11) is 0. The fourth-order valence-electron chi connectivity index (χ4n) is 4.16. The number of benzene rings is 1. The molecule has 1 aromatic rings. The van der Waals surface area contributed by atoms with Gasteiger partial charge in [-0.3, -0.25) is 4.79 Å². The van der Waals surface area contributed by atoms with E-state index < -0.39 is 5.60 Å². The number of carbonyl (C=O) groups excluding carboxylic acids is 1. The summed E-state index contributed by atoms with van der Waals surface area (Å²) in [6, 6.07) is 8.66. The molecule has 1 aliphatic heterocycles. The van der Waals surface area contributed by atoms with Crippen LogP contribution >= 0.6 is 0 Å². The number of piperidine rings is 1. The molecule has 1 aromatic carbocycles. The highest BCUT2D eigenvalue weighted by molar-refractivity contribution is 5.81. The van der Waals surface area contributed by atoms with E-state index in [9.17, 15) is 9.90 Å². The summed E-state index contributed by atoms with van der Waals surface area (Å²) in [5.41, 5.74) is 1.31. The van der Waals surface area contributed by atoms with Gasteiger partial charge < -0.3 is 15.3 Å². The van der Waals surface area contributed by atoms with Crippen molar-refractivity contribution in [1.29, 1.82) is 0 Å². The normalized spacial score (nSPS) is 24.9. The van der Waals surface area contributed by atoms with E-state index in [1.165, 1.54) is 5.56 Å². The van der Waals surface area contributed by atoms with Gasteiger partial charge in [-0.15, -0.1) is 0 Å². The first-order valence-electron chi connectivity index (χ1n) is 9.63. The number of nitrogens with one attached hydrogen (secondary N) is 1. The lowest BCUT2D eigenvalue weighted by Crippen LogP contribution is -2.51. The first kappa shape index (κ1) is 18.4. The molecule has 1 heterocycles. The van der Waals surface area contributed by atoms with E-state index in [1.54, 1.807) is 0 Å². The molecule has 1 amide bonds. The van der Waals surface area contributed by atoms with Gasteiger partial charge in [0, 0.05) is 31.1 Å². The number of nitrogens with zero attached hydrogens (tertiary/aromatic N) is 1. The second-order valence-corrected chi connectivity index (χ2v) is 8.74. The number of aryl methyl sites for hydroxylation is 1. The zero-order chi connectivity index (χ0) is 18.1. The summed E-state index contributed by atoms with van der Waals surface area (Å²) in [4.78, 5) is 14.4. The number of hydrogen-bond donors (Lipinski definition) is 2. The van der Waals surface area contributed by atoms with Crippen molar-refractivity contribution in [3.8, 4) is 0 Å². The Hall–Kier alpha value is -1.39. The average Bonchev–Trinajstić information content (AvgIpc) is 2.60. The van der Waals surface area contributed by atoms with Gasteiger partial charge in [-0.25, -0.2) is 0 Å². The monoisotopic (exact) mass is 344 g/mol. The Labute approximate surface area is 151 Å². The molecule has 4 nitrogen and oxygen atoms in total. The zero-order valence-corrected chi connectivity index (χ0v) is 15.8. The van der Waals surface area contributed by atoms with Crippen molar-refractivity contribution in [3.63, 3.8) is 0 Å². The van der Waals surface area contributed by atoms with E-state index in [0.717, 1.165) is 50.8 Å². The molecule has 1 atom stereocenters. The molecule has 1 fully saturated rings. The van der Waals surface area contributed by atoms with E-state index in [1.807, 2.05) is 31.7 Å². The van der Waals surface area contributed by atoms with Gasteiger partial charge in [-0.2, -0.15) is 0 Å². The Morgan fingerprint density at radius 3 is 2.64 bits per heavy atom. The lowest BCUT2D eigenvalue weighted by molar-refractivity contribution is -0.140. The van der Waals surface area contributed by atoms with Crippen molar-refractivity contribution in [3.05, 3.63) is 35.4 Å². The molecular weight excluding hydrogens is 312 g/mol. The topological polar surface area (TPSA) is 52.6 Å². The second-order valence-electron chi connectivity index (χ2n) is 8.74. The first-order valence-corrected chi connectivity index (χ1v) is 9.63. The van der Waals surface area contributed by atoms with E-state index in [2.05, 4.69) is 23.5 Å². The highest BCUT2D eigenvalue weighted by atomic mass is 16.3. The summed E-state index contributed by atoms with van der Waals surface area (Å²) in [6.45, 7) is 8.16. The number of hydrogen-bond acceptors (Lipinski definition) is 3. The quantitative estimate of drug-likeness (QED) is 0.886. The SMILES string of the molecule is CC(C)(C)C(=O)N1CCC(NCC2(O)CCCc3ccccc32)CC1. The van der Waals surface area contributed by atoms with Crippen LogP contribution in [0.25, 0.3) is 0 Å². The smallest absolute Gasteiger partial charge is 0.227 e. The van der Waals surface area contributed by atoms with Crippen LogP contribution in [0, 0.1) is 5.41 Å². The molecule has 4 heteroatoms. The average molecular weight is 344 g/mol.